The zero-order valence-corrected chi connectivity index (χ0v) is 24.4. The van der Waals surface area contributed by atoms with E-state index in [0.717, 1.165) is 57.4 Å². The molecule has 0 radical (unpaired) electrons. The van der Waals surface area contributed by atoms with E-state index in [1.54, 1.807) is 0 Å². The van der Waals surface area contributed by atoms with Gasteiger partial charge in [-0.15, -0.1) is 0 Å². The Morgan fingerprint density at radius 2 is 1.56 bits per heavy atom. The summed E-state index contributed by atoms with van der Waals surface area (Å²) in [5.74, 6) is 1.77. The van der Waals surface area contributed by atoms with Gasteiger partial charge in [0.05, 0.1) is 23.4 Å². The summed E-state index contributed by atoms with van der Waals surface area (Å²) in [5, 5.41) is 16.6. The predicted molar refractivity (Wildman–Crippen MR) is 171 cm³/mol. The van der Waals surface area contributed by atoms with Gasteiger partial charge in [-0.1, -0.05) is 70.7 Å². The van der Waals surface area contributed by atoms with Crippen LogP contribution in [0.3, 0.4) is 0 Å². The molecule has 5 heteroatoms. The molecule has 204 valence electrons. The second-order valence-corrected chi connectivity index (χ2v) is 12.0. The molecule has 0 saturated carbocycles. The molecule has 5 nitrogen and oxygen atoms in total. The van der Waals surface area contributed by atoms with Crippen LogP contribution in [0, 0.1) is 12.8 Å². The number of allylic oxidation sites excluding steroid dienone is 1. The first-order chi connectivity index (χ1) is 19.8. The van der Waals surface area contributed by atoms with Crippen molar-refractivity contribution >= 4 is 38.3 Å². The van der Waals surface area contributed by atoms with Crippen LogP contribution in [-0.2, 0) is 12.8 Å². The summed E-state index contributed by atoms with van der Waals surface area (Å²) in [5.41, 5.74) is 13.4. The second-order valence-electron chi connectivity index (χ2n) is 12.0. The van der Waals surface area contributed by atoms with E-state index in [4.69, 9.17) is 4.98 Å². The van der Waals surface area contributed by atoms with Crippen LogP contribution >= 0.6 is 0 Å². The molecular weight excluding hydrogens is 502 g/mol. The third-order valence-electron chi connectivity index (χ3n) is 8.77. The van der Waals surface area contributed by atoms with Crippen molar-refractivity contribution in [2.75, 3.05) is 5.32 Å². The summed E-state index contributed by atoms with van der Waals surface area (Å²) in [4.78, 5) is 8.50. The van der Waals surface area contributed by atoms with Gasteiger partial charge in [0.2, 0.25) is 0 Å². The molecule has 2 heterocycles. The van der Waals surface area contributed by atoms with Crippen LogP contribution in [0.2, 0.25) is 0 Å². The quantitative estimate of drug-likeness (QED) is 0.215. The van der Waals surface area contributed by atoms with E-state index in [1.807, 2.05) is 12.4 Å². The van der Waals surface area contributed by atoms with E-state index in [9.17, 15) is 0 Å². The molecule has 0 amide bonds. The summed E-state index contributed by atoms with van der Waals surface area (Å²) in [7, 11) is 0. The minimum Gasteiger partial charge on any atom is -0.358 e. The minimum absolute atomic E-state index is 0.331. The van der Waals surface area contributed by atoms with Gasteiger partial charge < -0.3 is 10.3 Å². The number of nitrogens with one attached hydrogen (secondary N) is 2. The molecular formula is C36H35N5. The van der Waals surface area contributed by atoms with Gasteiger partial charge in [0, 0.05) is 33.5 Å². The fourth-order valence-corrected chi connectivity index (χ4v) is 6.23. The molecule has 1 aliphatic rings. The number of H-pyrrole nitrogens is 1. The standard InChI is InChI=1S/C36H35N5/c1-19(2)22(6)39-34-21(5)31-17-37-38-18-32(31)30-16-24(8-11-29(30)34)23-7-10-26-25(15-23)9-12-28-27(26)13-14-33-35(28)41-36(40-33)20(3)4/h7-8,10-11,13-20,39H,6,9,12H2,1-5H3,(H,40,41). The Labute approximate surface area is 240 Å². The van der Waals surface area contributed by atoms with Crippen molar-refractivity contribution in [3.8, 4) is 22.3 Å². The lowest BCUT2D eigenvalue weighted by Gasteiger charge is -2.22. The monoisotopic (exact) mass is 537 g/mol. The van der Waals surface area contributed by atoms with Crippen LogP contribution in [0.15, 0.2) is 73.2 Å². The van der Waals surface area contributed by atoms with Crippen molar-refractivity contribution in [1.82, 2.24) is 20.2 Å². The SMILES string of the molecule is C=C(Nc1c(C)c2cnncc2c2cc(-c3ccc4c(c3)CCc3c-4ccc4[nH]c(C(C)C)nc34)ccc12)C(C)C. The van der Waals surface area contributed by atoms with E-state index >= 15 is 0 Å². The highest BCUT2D eigenvalue weighted by molar-refractivity contribution is 6.15. The third kappa shape index (κ3) is 4.10. The second kappa shape index (κ2) is 9.55. The van der Waals surface area contributed by atoms with Gasteiger partial charge in [-0.2, -0.15) is 10.2 Å². The zero-order chi connectivity index (χ0) is 28.4. The fraction of sp³-hybridized carbons (Fsp3) is 0.250. The Hall–Kier alpha value is -4.51. The van der Waals surface area contributed by atoms with Crippen LogP contribution in [-0.4, -0.2) is 20.2 Å². The van der Waals surface area contributed by atoms with E-state index in [-0.39, 0.29) is 0 Å². The first-order valence-electron chi connectivity index (χ1n) is 14.6. The minimum atomic E-state index is 0.331. The number of imidazole rings is 1. The summed E-state index contributed by atoms with van der Waals surface area (Å²) in [6, 6.07) is 18.2. The van der Waals surface area contributed by atoms with Crippen LogP contribution < -0.4 is 5.32 Å². The molecule has 0 aliphatic heterocycles. The molecule has 0 bridgehead atoms. The highest BCUT2D eigenvalue weighted by atomic mass is 15.1. The molecule has 0 spiro atoms. The number of aromatic amines is 1. The number of aromatic nitrogens is 4. The average Bonchev–Trinajstić information content (AvgIpc) is 3.44. The smallest absolute Gasteiger partial charge is 0.109 e. The van der Waals surface area contributed by atoms with Crippen molar-refractivity contribution in [2.45, 2.75) is 53.4 Å². The number of rotatable bonds is 5. The molecule has 2 aromatic heterocycles. The van der Waals surface area contributed by atoms with E-state index < -0.39 is 0 Å². The maximum atomic E-state index is 4.98. The van der Waals surface area contributed by atoms with Gasteiger partial charge in [-0.25, -0.2) is 4.98 Å². The number of fused-ring (bicyclic) bond motifs is 8. The van der Waals surface area contributed by atoms with Crippen molar-refractivity contribution < 1.29 is 0 Å². The Morgan fingerprint density at radius 3 is 2.34 bits per heavy atom. The van der Waals surface area contributed by atoms with Crippen LogP contribution in [0.1, 0.15) is 56.1 Å². The topological polar surface area (TPSA) is 66.5 Å². The Balaban J connectivity index is 1.34. The lowest BCUT2D eigenvalue weighted by atomic mass is 9.83. The number of anilines is 1. The molecule has 0 fully saturated rings. The van der Waals surface area contributed by atoms with Gasteiger partial charge in [-0.05, 0) is 82.1 Å². The van der Waals surface area contributed by atoms with Crippen molar-refractivity contribution in [3.05, 3.63) is 95.7 Å². The first-order valence-corrected chi connectivity index (χ1v) is 14.6. The first kappa shape index (κ1) is 25.5. The Kier molecular flexibility index (Phi) is 5.93. The van der Waals surface area contributed by atoms with Crippen molar-refractivity contribution in [3.63, 3.8) is 0 Å². The van der Waals surface area contributed by atoms with Gasteiger partial charge in [-0.3, -0.25) is 0 Å². The molecule has 7 rings (SSSR count). The van der Waals surface area contributed by atoms with E-state index in [2.05, 4.69) is 110 Å². The van der Waals surface area contributed by atoms with Gasteiger partial charge in [0.15, 0.2) is 0 Å². The number of hydrogen-bond donors (Lipinski definition) is 2. The average molecular weight is 538 g/mol. The lowest BCUT2D eigenvalue weighted by molar-refractivity contribution is 0.778. The third-order valence-corrected chi connectivity index (χ3v) is 8.77. The van der Waals surface area contributed by atoms with Crippen LogP contribution in [0.4, 0.5) is 5.69 Å². The maximum absolute atomic E-state index is 4.98. The normalized spacial score (nSPS) is 12.9. The highest BCUT2D eigenvalue weighted by Gasteiger charge is 2.22. The molecule has 4 aromatic carbocycles. The van der Waals surface area contributed by atoms with Gasteiger partial charge in [0.1, 0.15) is 5.82 Å². The molecule has 2 N–H and O–H groups in total. The molecule has 0 saturated heterocycles. The summed E-state index contributed by atoms with van der Waals surface area (Å²) in [6.45, 7) is 15.1. The van der Waals surface area contributed by atoms with Crippen molar-refractivity contribution in [1.29, 1.82) is 0 Å². The molecule has 1 aliphatic carbocycles. The number of benzene rings is 4. The Bertz CT molecular complexity index is 2010. The zero-order valence-electron chi connectivity index (χ0n) is 24.4. The number of hydrogen-bond acceptors (Lipinski definition) is 4. The molecule has 0 atom stereocenters. The summed E-state index contributed by atoms with van der Waals surface area (Å²) in [6.07, 6.45) is 5.77. The summed E-state index contributed by atoms with van der Waals surface area (Å²) >= 11 is 0. The number of aryl methyl sites for hydroxylation is 3. The maximum Gasteiger partial charge on any atom is 0.109 e. The molecule has 0 unspecified atom stereocenters. The highest BCUT2D eigenvalue weighted by Crippen LogP contribution is 2.41. The van der Waals surface area contributed by atoms with Crippen molar-refractivity contribution in [2.24, 2.45) is 5.92 Å². The fourth-order valence-electron chi connectivity index (χ4n) is 6.23. The summed E-state index contributed by atoms with van der Waals surface area (Å²) < 4.78 is 0. The lowest BCUT2D eigenvalue weighted by Crippen LogP contribution is -2.07. The number of nitrogens with zero attached hydrogens (tertiary/aromatic N) is 3. The molecule has 41 heavy (non-hydrogen) atoms. The van der Waals surface area contributed by atoms with Gasteiger partial charge >= 0.3 is 0 Å². The molecule has 6 aromatic rings. The Morgan fingerprint density at radius 1 is 0.829 bits per heavy atom. The van der Waals surface area contributed by atoms with Crippen LogP contribution in [0.5, 0.6) is 0 Å². The largest absolute Gasteiger partial charge is 0.358 e. The van der Waals surface area contributed by atoms with E-state index in [1.165, 1.54) is 44.2 Å². The van der Waals surface area contributed by atoms with Gasteiger partial charge in [0.25, 0.3) is 0 Å². The van der Waals surface area contributed by atoms with Crippen LogP contribution in [0.25, 0.3) is 54.8 Å². The predicted octanol–water partition coefficient (Wildman–Crippen LogP) is 9.11. The van der Waals surface area contributed by atoms with E-state index in [0.29, 0.717) is 11.8 Å².